The number of hydrogen-bond acceptors (Lipinski definition) is 3. The molecule has 0 aromatic heterocycles. The van der Waals surface area contributed by atoms with E-state index in [9.17, 15) is 9.90 Å². The van der Waals surface area contributed by atoms with Crippen molar-refractivity contribution in [1.29, 1.82) is 0 Å². The van der Waals surface area contributed by atoms with Crippen LogP contribution in [0, 0.1) is 5.92 Å². The second kappa shape index (κ2) is 7.85. The fraction of sp³-hybridized carbons (Fsp3) is 0.933. The Hall–Kier alpha value is -0.610. The lowest BCUT2D eigenvalue weighted by molar-refractivity contribution is -0.121. The summed E-state index contributed by atoms with van der Waals surface area (Å²) >= 11 is 0. The Bertz CT molecular complexity index is 274. The van der Waals surface area contributed by atoms with Crippen LogP contribution in [0.25, 0.3) is 0 Å². The Balaban J connectivity index is 2.15. The molecular weight excluding hydrogens is 240 g/mol. The van der Waals surface area contributed by atoms with E-state index in [1.807, 2.05) is 13.8 Å². The fourth-order valence-corrected chi connectivity index (χ4v) is 2.49. The number of hydrogen-bond donors (Lipinski definition) is 2. The summed E-state index contributed by atoms with van der Waals surface area (Å²) in [5, 5.41) is 12.6. The quantitative estimate of drug-likeness (QED) is 0.741. The molecule has 0 saturated carbocycles. The highest BCUT2D eigenvalue weighted by Gasteiger charge is 2.16. The lowest BCUT2D eigenvalue weighted by Gasteiger charge is -2.22. The normalized spacial score (nSPS) is 19.9. The van der Waals surface area contributed by atoms with Gasteiger partial charge in [0.25, 0.3) is 0 Å². The van der Waals surface area contributed by atoms with Gasteiger partial charge in [0.1, 0.15) is 0 Å². The van der Waals surface area contributed by atoms with Crippen molar-refractivity contribution in [3.05, 3.63) is 0 Å². The average Bonchev–Trinajstić information content (AvgIpc) is 2.49. The Morgan fingerprint density at radius 2 is 2.16 bits per heavy atom. The zero-order valence-electron chi connectivity index (χ0n) is 12.7. The lowest BCUT2D eigenvalue weighted by atomic mass is 9.95. The summed E-state index contributed by atoms with van der Waals surface area (Å²) in [6.45, 7) is 9.41. The Morgan fingerprint density at radius 1 is 1.42 bits per heavy atom. The van der Waals surface area contributed by atoms with Crippen molar-refractivity contribution in [3.63, 3.8) is 0 Å². The van der Waals surface area contributed by atoms with Gasteiger partial charge in [-0.1, -0.05) is 19.8 Å². The number of carbonyl (C=O) groups excluding carboxylic acids is 1. The van der Waals surface area contributed by atoms with Gasteiger partial charge >= 0.3 is 0 Å². The maximum absolute atomic E-state index is 11.4. The third kappa shape index (κ3) is 8.22. The van der Waals surface area contributed by atoms with E-state index in [1.54, 1.807) is 0 Å². The van der Waals surface area contributed by atoms with Crippen LogP contribution in [-0.4, -0.2) is 47.7 Å². The summed E-state index contributed by atoms with van der Waals surface area (Å²) < 4.78 is 0. The minimum absolute atomic E-state index is 0.159. The van der Waals surface area contributed by atoms with Crippen molar-refractivity contribution in [2.45, 2.75) is 58.5 Å². The van der Waals surface area contributed by atoms with Gasteiger partial charge in [0.15, 0.2) is 0 Å². The van der Waals surface area contributed by atoms with Gasteiger partial charge in [0.2, 0.25) is 5.91 Å². The summed E-state index contributed by atoms with van der Waals surface area (Å²) in [5.74, 6) is 0.820. The van der Waals surface area contributed by atoms with Crippen LogP contribution in [0.15, 0.2) is 0 Å². The van der Waals surface area contributed by atoms with Gasteiger partial charge in [-0.3, -0.25) is 9.69 Å². The van der Waals surface area contributed by atoms with Crippen molar-refractivity contribution >= 4 is 5.91 Å². The van der Waals surface area contributed by atoms with Gasteiger partial charge in [-0.05, 0) is 45.6 Å². The fourth-order valence-electron chi connectivity index (χ4n) is 2.49. The third-order valence-corrected chi connectivity index (χ3v) is 3.76. The van der Waals surface area contributed by atoms with E-state index in [0.717, 1.165) is 51.7 Å². The molecule has 0 bridgehead atoms. The molecule has 0 aromatic carbocycles. The number of aliphatic hydroxyl groups is 1. The van der Waals surface area contributed by atoms with Gasteiger partial charge < -0.3 is 10.4 Å². The topological polar surface area (TPSA) is 52.6 Å². The Labute approximate surface area is 117 Å². The van der Waals surface area contributed by atoms with Gasteiger partial charge in [0.05, 0.1) is 12.1 Å². The first-order valence-electron chi connectivity index (χ1n) is 7.58. The summed E-state index contributed by atoms with van der Waals surface area (Å²) in [6.07, 6.45) is 5.29. The second-order valence-corrected chi connectivity index (χ2v) is 6.58. The van der Waals surface area contributed by atoms with Crippen LogP contribution in [0.5, 0.6) is 0 Å². The van der Waals surface area contributed by atoms with Crippen molar-refractivity contribution < 1.29 is 9.90 Å². The van der Waals surface area contributed by atoms with Gasteiger partial charge in [-0.25, -0.2) is 0 Å². The SMILES string of the molecule is C[C@@H](CCCC(C)(C)O)CCN1CCCNC(=O)C1. The van der Waals surface area contributed by atoms with Gasteiger partial charge in [-0.2, -0.15) is 0 Å². The molecule has 1 atom stereocenters. The van der Waals surface area contributed by atoms with Gasteiger partial charge in [-0.15, -0.1) is 0 Å². The van der Waals surface area contributed by atoms with E-state index in [4.69, 9.17) is 0 Å². The smallest absolute Gasteiger partial charge is 0.234 e. The van der Waals surface area contributed by atoms with Crippen LogP contribution in [0.2, 0.25) is 0 Å². The predicted octanol–water partition coefficient (Wildman–Crippen LogP) is 1.78. The van der Waals surface area contributed by atoms with Gasteiger partial charge in [0, 0.05) is 13.1 Å². The molecule has 2 N–H and O–H groups in total. The molecule has 0 aliphatic carbocycles. The number of rotatable bonds is 7. The third-order valence-electron chi connectivity index (χ3n) is 3.76. The maximum Gasteiger partial charge on any atom is 0.234 e. The molecule has 1 rings (SSSR count). The maximum atomic E-state index is 11.4. The van der Waals surface area contributed by atoms with E-state index < -0.39 is 5.60 Å². The largest absolute Gasteiger partial charge is 0.390 e. The molecule has 1 aliphatic rings. The molecule has 4 heteroatoms. The van der Waals surface area contributed by atoms with Crippen LogP contribution >= 0.6 is 0 Å². The minimum Gasteiger partial charge on any atom is -0.390 e. The first-order valence-corrected chi connectivity index (χ1v) is 7.58. The molecule has 1 heterocycles. The van der Waals surface area contributed by atoms with E-state index in [1.165, 1.54) is 0 Å². The lowest BCUT2D eigenvalue weighted by Crippen LogP contribution is -2.34. The van der Waals surface area contributed by atoms with Crippen LogP contribution in [0.4, 0.5) is 0 Å². The number of nitrogens with zero attached hydrogens (tertiary/aromatic N) is 1. The van der Waals surface area contributed by atoms with E-state index in [-0.39, 0.29) is 5.91 Å². The molecule has 4 nitrogen and oxygen atoms in total. The number of amides is 1. The summed E-state index contributed by atoms with van der Waals surface area (Å²) in [4.78, 5) is 13.7. The Morgan fingerprint density at radius 3 is 2.84 bits per heavy atom. The number of carbonyl (C=O) groups is 1. The zero-order valence-corrected chi connectivity index (χ0v) is 12.7. The molecule has 1 aliphatic heterocycles. The highest BCUT2D eigenvalue weighted by Crippen LogP contribution is 2.18. The molecule has 0 spiro atoms. The van der Waals surface area contributed by atoms with E-state index in [2.05, 4.69) is 17.1 Å². The van der Waals surface area contributed by atoms with Crippen molar-refractivity contribution in [3.8, 4) is 0 Å². The van der Waals surface area contributed by atoms with Crippen LogP contribution in [0.3, 0.4) is 0 Å². The first-order chi connectivity index (χ1) is 8.87. The highest BCUT2D eigenvalue weighted by atomic mass is 16.3. The second-order valence-electron chi connectivity index (χ2n) is 6.58. The van der Waals surface area contributed by atoms with Crippen LogP contribution in [0.1, 0.15) is 52.9 Å². The van der Waals surface area contributed by atoms with E-state index in [0.29, 0.717) is 12.5 Å². The van der Waals surface area contributed by atoms with Crippen molar-refractivity contribution in [2.75, 3.05) is 26.2 Å². The molecule has 112 valence electrons. The summed E-state index contributed by atoms with van der Waals surface area (Å²) in [6, 6.07) is 0. The highest BCUT2D eigenvalue weighted by molar-refractivity contribution is 5.78. The minimum atomic E-state index is -0.539. The van der Waals surface area contributed by atoms with E-state index >= 15 is 0 Å². The van der Waals surface area contributed by atoms with Crippen LogP contribution < -0.4 is 5.32 Å². The molecule has 1 amide bonds. The standard InChI is InChI=1S/C15H30N2O2/c1-13(6-4-8-15(2,3)19)7-11-17-10-5-9-16-14(18)12-17/h13,19H,4-12H2,1-3H3,(H,16,18)/t13-/m0/s1. The Kier molecular flexibility index (Phi) is 6.80. The molecule has 19 heavy (non-hydrogen) atoms. The van der Waals surface area contributed by atoms with Crippen LogP contribution in [-0.2, 0) is 4.79 Å². The van der Waals surface area contributed by atoms with Crippen molar-refractivity contribution in [2.24, 2.45) is 5.92 Å². The van der Waals surface area contributed by atoms with Crippen molar-refractivity contribution in [1.82, 2.24) is 10.2 Å². The molecule has 0 radical (unpaired) electrons. The first kappa shape index (κ1) is 16.4. The molecular formula is C15H30N2O2. The molecule has 1 saturated heterocycles. The zero-order chi connectivity index (χ0) is 14.3. The molecule has 0 unspecified atom stereocenters. The summed E-state index contributed by atoms with van der Waals surface area (Å²) in [7, 11) is 0. The summed E-state index contributed by atoms with van der Waals surface area (Å²) in [5.41, 5.74) is -0.539. The molecule has 1 fully saturated rings. The molecule has 0 aromatic rings. The average molecular weight is 270 g/mol. The predicted molar refractivity (Wildman–Crippen MR) is 78.0 cm³/mol. The monoisotopic (exact) mass is 270 g/mol. The number of nitrogens with one attached hydrogen (secondary N) is 1.